The lowest BCUT2D eigenvalue weighted by Crippen LogP contribution is -2.45. The highest BCUT2D eigenvalue weighted by atomic mass is 32.1. The molecular weight excluding hydrogens is 344 g/mol. The Hall–Kier alpha value is -1.51. The molecule has 4 atom stereocenters. The third kappa shape index (κ3) is 3.60. The summed E-state index contributed by atoms with van der Waals surface area (Å²) in [6.07, 6.45) is 1.98. The van der Waals surface area contributed by atoms with Crippen molar-refractivity contribution in [2.24, 2.45) is 0 Å². The van der Waals surface area contributed by atoms with Crippen molar-refractivity contribution in [1.82, 2.24) is 20.1 Å². The lowest BCUT2D eigenvalue weighted by atomic mass is 9.99. The fourth-order valence-corrected chi connectivity index (χ4v) is 4.21. The summed E-state index contributed by atoms with van der Waals surface area (Å²) in [5.41, 5.74) is 0. The summed E-state index contributed by atoms with van der Waals surface area (Å²) in [6.45, 7) is 5.93. The predicted octanol–water partition coefficient (Wildman–Crippen LogP) is 3.30. The summed E-state index contributed by atoms with van der Waals surface area (Å²) in [4.78, 5) is 13.7. The molecule has 2 N–H and O–H groups in total. The SMILES string of the molecule is C[C@@H]1CC(NC(=O)[C@@H](C)n2c(-c3cccs3)n[nH]c2=S)C[C@H](C)O1. The molecule has 0 aromatic carbocycles. The van der Waals surface area contributed by atoms with Crippen molar-refractivity contribution >= 4 is 29.5 Å². The minimum Gasteiger partial charge on any atom is -0.375 e. The second-order valence-electron chi connectivity index (χ2n) is 6.31. The zero-order valence-electron chi connectivity index (χ0n) is 14.0. The van der Waals surface area contributed by atoms with Crippen molar-refractivity contribution in [3.05, 3.63) is 22.3 Å². The van der Waals surface area contributed by atoms with Crippen LogP contribution in [0.5, 0.6) is 0 Å². The minimum absolute atomic E-state index is 0.0448. The van der Waals surface area contributed by atoms with Crippen molar-refractivity contribution in [2.75, 3.05) is 0 Å². The summed E-state index contributed by atoms with van der Waals surface area (Å²) < 4.78 is 7.96. The number of hydrogen-bond acceptors (Lipinski definition) is 5. The molecule has 1 amide bonds. The smallest absolute Gasteiger partial charge is 0.243 e. The molecule has 1 aliphatic heterocycles. The molecule has 6 nitrogen and oxygen atoms in total. The number of thiophene rings is 1. The van der Waals surface area contributed by atoms with Crippen molar-refractivity contribution in [2.45, 2.75) is 57.9 Å². The minimum atomic E-state index is -0.429. The number of aromatic amines is 1. The lowest BCUT2D eigenvalue weighted by Gasteiger charge is -2.33. The number of hydrogen-bond donors (Lipinski definition) is 2. The molecule has 130 valence electrons. The maximum atomic E-state index is 12.7. The van der Waals surface area contributed by atoms with Gasteiger partial charge in [0.25, 0.3) is 0 Å². The maximum absolute atomic E-state index is 12.7. The van der Waals surface area contributed by atoms with Crippen molar-refractivity contribution in [3.63, 3.8) is 0 Å². The van der Waals surface area contributed by atoms with E-state index in [9.17, 15) is 4.79 Å². The molecule has 1 unspecified atom stereocenters. The van der Waals surface area contributed by atoms with Gasteiger partial charge in [0.1, 0.15) is 6.04 Å². The third-order valence-electron chi connectivity index (χ3n) is 4.26. The van der Waals surface area contributed by atoms with E-state index in [-0.39, 0.29) is 24.2 Å². The number of carbonyl (C=O) groups excluding carboxylic acids is 1. The fraction of sp³-hybridized carbons (Fsp3) is 0.562. The third-order valence-corrected chi connectivity index (χ3v) is 5.41. The number of amides is 1. The van der Waals surface area contributed by atoms with Crippen molar-refractivity contribution < 1.29 is 9.53 Å². The van der Waals surface area contributed by atoms with Gasteiger partial charge in [-0.3, -0.25) is 14.5 Å². The summed E-state index contributed by atoms with van der Waals surface area (Å²) >= 11 is 6.90. The van der Waals surface area contributed by atoms with E-state index in [1.54, 1.807) is 15.9 Å². The van der Waals surface area contributed by atoms with Crippen LogP contribution in [0.3, 0.4) is 0 Å². The van der Waals surface area contributed by atoms with Crippen LogP contribution in [-0.2, 0) is 9.53 Å². The van der Waals surface area contributed by atoms with Gasteiger partial charge in [-0.25, -0.2) is 0 Å². The number of ether oxygens (including phenoxy) is 1. The van der Waals surface area contributed by atoms with Gasteiger partial charge in [0.15, 0.2) is 10.6 Å². The van der Waals surface area contributed by atoms with E-state index in [2.05, 4.69) is 15.5 Å². The van der Waals surface area contributed by atoms with Crippen molar-refractivity contribution in [3.8, 4) is 10.7 Å². The Bertz CT molecular complexity index is 742. The van der Waals surface area contributed by atoms with Crippen LogP contribution in [0, 0.1) is 4.77 Å². The molecule has 1 saturated heterocycles. The van der Waals surface area contributed by atoms with Gasteiger partial charge >= 0.3 is 0 Å². The van der Waals surface area contributed by atoms with E-state index in [0.717, 1.165) is 17.7 Å². The summed E-state index contributed by atoms with van der Waals surface area (Å²) in [5, 5.41) is 12.2. The molecule has 0 radical (unpaired) electrons. The highest BCUT2D eigenvalue weighted by Gasteiger charge is 2.28. The first-order valence-electron chi connectivity index (χ1n) is 8.12. The molecule has 0 aliphatic carbocycles. The molecule has 2 aromatic heterocycles. The van der Waals surface area contributed by atoms with E-state index in [4.69, 9.17) is 17.0 Å². The molecule has 0 bridgehead atoms. The van der Waals surface area contributed by atoms with Crippen LogP contribution >= 0.6 is 23.6 Å². The quantitative estimate of drug-likeness (QED) is 0.815. The fourth-order valence-electron chi connectivity index (χ4n) is 3.21. The molecule has 1 aliphatic rings. The Kier molecular flexibility index (Phi) is 5.17. The zero-order chi connectivity index (χ0) is 17.3. The summed E-state index contributed by atoms with van der Waals surface area (Å²) in [6, 6.07) is 3.63. The van der Waals surface area contributed by atoms with E-state index in [0.29, 0.717) is 10.6 Å². The highest BCUT2D eigenvalue weighted by molar-refractivity contribution is 7.71. The van der Waals surface area contributed by atoms with Gasteiger partial charge in [-0.05, 0) is 57.3 Å². The van der Waals surface area contributed by atoms with Gasteiger partial charge in [-0.15, -0.1) is 11.3 Å². The molecular formula is C16H22N4O2S2. The van der Waals surface area contributed by atoms with Gasteiger partial charge in [-0.2, -0.15) is 5.10 Å². The van der Waals surface area contributed by atoms with Crippen LogP contribution in [0.15, 0.2) is 17.5 Å². The zero-order valence-corrected chi connectivity index (χ0v) is 15.6. The largest absolute Gasteiger partial charge is 0.375 e. The van der Waals surface area contributed by atoms with Crippen LogP contribution in [0.4, 0.5) is 0 Å². The number of nitrogens with zero attached hydrogens (tertiary/aromatic N) is 2. The van der Waals surface area contributed by atoms with Crippen LogP contribution in [0.2, 0.25) is 0 Å². The van der Waals surface area contributed by atoms with Crippen LogP contribution < -0.4 is 5.32 Å². The maximum Gasteiger partial charge on any atom is 0.243 e. The number of aromatic nitrogens is 3. The van der Waals surface area contributed by atoms with E-state index >= 15 is 0 Å². The van der Waals surface area contributed by atoms with E-state index in [1.165, 1.54) is 0 Å². The topological polar surface area (TPSA) is 71.9 Å². The van der Waals surface area contributed by atoms with E-state index < -0.39 is 6.04 Å². The average molecular weight is 367 g/mol. The Morgan fingerprint density at radius 2 is 2.21 bits per heavy atom. The van der Waals surface area contributed by atoms with Gasteiger partial charge in [0.05, 0.1) is 17.1 Å². The molecule has 0 saturated carbocycles. The van der Waals surface area contributed by atoms with Gasteiger partial charge < -0.3 is 10.1 Å². The molecule has 3 rings (SSSR count). The van der Waals surface area contributed by atoms with Gasteiger partial charge in [0, 0.05) is 6.04 Å². The number of H-pyrrole nitrogens is 1. The monoisotopic (exact) mass is 366 g/mol. The van der Waals surface area contributed by atoms with Crippen molar-refractivity contribution in [1.29, 1.82) is 0 Å². The first-order valence-corrected chi connectivity index (χ1v) is 9.41. The Morgan fingerprint density at radius 3 is 2.83 bits per heavy atom. The summed E-state index contributed by atoms with van der Waals surface area (Å²) in [5.74, 6) is 0.656. The molecule has 2 aromatic rings. The standard InChI is InChI=1S/C16H22N4O2S2/c1-9-7-12(8-10(2)22-9)17-15(21)11(3)20-14(18-19-16(20)23)13-5-4-6-24-13/h4-6,9-12H,7-8H2,1-3H3,(H,17,21)(H,19,23)/t9-,10+,11-,12?/m1/s1. The highest BCUT2D eigenvalue weighted by Crippen LogP contribution is 2.26. The number of nitrogens with one attached hydrogen (secondary N) is 2. The lowest BCUT2D eigenvalue weighted by molar-refractivity contribution is -0.126. The van der Waals surface area contributed by atoms with Gasteiger partial charge in [0.2, 0.25) is 5.91 Å². The average Bonchev–Trinajstić information content (AvgIpc) is 3.14. The van der Waals surface area contributed by atoms with Crippen LogP contribution in [-0.4, -0.2) is 38.9 Å². The Balaban J connectivity index is 1.77. The molecule has 3 heterocycles. The number of rotatable bonds is 4. The Morgan fingerprint density at radius 1 is 1.50 bits per heavy atom. The molecule has 1 fully saturated rings. The second-order valence-corrected chi connectivity index (χ2v) is 7.64. The van der Waals surface area contributed by atoms with Gasteiger partial charge in [-0.1, -0.05) is 6.07 Å². The Labute approximate surface area is 150 Å². The molecule has 24 heavy (non-hydrogen) atoms. The first-order chi connectivity index (χ1) is 11.5. The predicted molar refractivity (Wildman–Crippen MR) is 96.6 cm³/mol. The summed E-state index contributed by atoms with van der Waals surface area (Å²) in [7, 11) is 0. The van der Waals surface area contributed by atoms with E-state index in [1.807, 2.05) is 38.3 Å². The molecule has 8 heteroatoms. The van der Waals surface area contributed by atoms with Crippen LogP contribution in [0.1, 0.15) is 39.7 Å². The normalized spacial score (nSPS) is 25.4. The number of carbonyl (C=O) groups is 1. The second kappa shape index (κ2) is 7.16. The van der Waals surface area contributed by atoms with Crippen LogP contribution in [0.25, 0.3) is 10.7 Å². The first kappa shape index (κ1) is 17.3. The molecule has 0 spiro atoms.